The summed E-state index contributed by atoms with van der Waals surface area (Å²) in [6.45, 7) is 10.4. The Balaban J connectivity index is 1.87. The van der Waals surface area contributed by atoms with E-state index in [1.54, 1.807) is 26.8 Å². The van der Waals surface area contributed by atoms with Crippen LogP contribution in [0.15, 0.2) is 46.3 Å². The summed E-state index contributed by atoms with van der Waals surface area (Å²) < 4.78 is 21.8. The highest BCUT2D eigenvalue weighted by Crippen LogP contribution is 2.58. The maximum atomic E-state index is 14.1. The van der Waals surface area contributed by atoms with Gasteiger partial charge in [0, 0.05) is 41.4 Å². The number of methoxy groups -OCH3 is 1. The number of furan rings is 1. The number of hydrogen-bond acceptors (Lipinski definition) is 10. The number of esters is 3. The molecule has 1 aliphatic heterocycles. The molecule has 0 saturated heterocycles. The smallest absolute Gasteiger partial charge is 0.333 e. The third-order valence-corrected chi connectivity index (χ3v) is 9.79. The number of cyclic esters (lactones) is 1. The van der Waals surface area contributed by atoms with Crippen LogP contribution in [0.2, 0.25) is 0 Å². The number of rotatable bonds is 7. The molecule has 228 valence electrons. The molecule has 10 nitrogen and oxygen atoms in total. The lowest BCUT2D eigenvalue weighted by Gasteiger charge is -2.54. The second kappa shape index (κ2) is 11.3. The molecule has 0 amide bonds. The van der Waals surface area contributed by atoms with Crippen molar-refractivity contribution in [3.63, 3.8) is 0 Å². The van der Waals surface area contributed by atoms with Gasteiger partial charge in [0.25, 0.3) is 0 Å². The zero-order valence-corrected chi connectivity index (χ0v) is 25.2. The van der Waals surface area contributed by atoms with Crippen LogP contribution in [-0.4, -0.2) is 53.4 Å². The number of carbonyl (C=O) groups excluding carboxylic acids is 5. The first-order valence-corrected chi connectivity index (χ1v) is 14.3. The van der Waals surface area contributed by atoms with E-state index in [4.69, 9.17) is 18.6 Å². The van der Waals surface area contributed by atoms with Gasteiger partial charge in [0.2, 0.25) is 0 Å². The monoisotopic (exact) mass is 584 g/mol. The first kappa shape index (κ1) is 31.4. The van der Waals surface area contributed by atoms with Crippen LogP contribution in [0.5, 0.6) is 0 Å². The summed E-state index contributed by atoms with van der Waals surface area (Å²) in [6.07, 6.45) is 3.21. The van der Waals surface area contributed by atoms with Gasteiger partial charge < -0.3 is 23.7 Å². The lowest BCUT2D eigenvalue weighted by molar-refractivity contribution is -0.187. The fraction of sp³-hybridized carbons (Fsp3) is 0.594. The Labute approximate surface area is 245 Å². The molecule has 4 rings (SSSR count). The van der Waals surface area contributed by atoms with E-state index in [0.717, 1.165) is 6.08 Å². The SMILES string of the molecule is C/C=C(\C)C(=O)O[C@H](C1CC(C)(C)[C@H](CC(=O)OC)[C@@H](C)C1=O)[C@@]1(O)C(=O)CC[C@]2(C)C1=CC(=O)O[C@H]2c1ccoc1. The molecule has 42 heavy (non-hydrogen) atoms. The predicted molar refractivity (Wildman–Crippen MR) is 148 cm³/mol. The van der Waals surface area contributed by atoms with Crippen molar-refractivity contribution in [2.75, 3.05) is 7.11 Å². The van der Waals surface area contributed by atoms with E-state index in [0.29, 0.717) is 5.56 Å². The molecule has 2 heterocycles. The van der Waals surface area contributed by atoms with Gasteiger partial charge >= 0.3 is 17.9 Å². The first-order chi connectivity index (χ1) is 19.6. The van der Waals surface area contributed by atoms with Gasteiger partial charge in [-0.3, -0.25) is 14.4 Å². The second-order valence-corrected chi connectivity index (χ2v) is 12.7. The molecule has 1 N–H and O–H groups in total. The third kappa shape index (κ3) is 5.14. The van der Waals surface area contributed by atoms with Gasteiger partial charge in [-0.1, -0.05) is 33.8 Å². The Morgan fingerprint density at radius 3 is 2.50 bits per heavy atom. The molecule has 3 aliphatic rings. The summed E-state index contributed by atoms with van der Waals surface area (Å²) in [5, 5.41) is 12.6. The summed E-state index contributed by atoms with van der Waals surface area (Å²) in [7, 11) is 1.29. The van der Waals surface area contributed by atoms with Crippen LogP contribution in [0, 0.1) is 28.6 Å². The zero-order chi connectivity index (χ0) is 31.2. The fourth-order valence-electron chi connectivity index (χ4n) is 7.19. The van der Waals surface area contributed by atoms with Gasteiger partial charge in [0.05, 0.1) is 25.6 Å². The average Bonchev–Trinajstić information content (AvgIpc) is 3.49. The van der Waals surface area contributed by atoms with Crippen molar-refractivity contribution in [1.29, 1.82) is 0 Å². The molecular formula is C32H40O10. The van der Waals surface area contributed by atoms with Crippen molar-refractivity contribution in [2.24, 2.45) is 28.6 Å². The highest BCUT2D eigenvalue weighted by Gasteiger charge is 2.65. The van der Waals surface area contributed by atoms with E-state index in [-0.39, 0.29) is 42.6 Å². The molecule has 1 unspecified atom stereocenters. The standard InChI is InChI=1S/C32H40O10/c1-8-17(2)29(37)42-28(20-15-30(4,5)21(13-24(34)39-7)18(3)26(20)36)32(38)22-14-25(35)41-27(19-10-12-40-16-19)31(22,6)11-9-23(32)33/h8,10,12,14,16,18,20-21,27-28,38H,9,11,13,15H2,1-7H3/b17-8+/t18-,20?,21-,27+,28-,31-,32+/m1/s1. The molecule has 1 aromatic heterocycles. The number of aliphatic hydroxyl groups is 1. The predicted octanol–water partition coefficient (Wildman–Crippen LogP) is 4.21. The lowest BCUT2D eigenvalue weighted by Crippen LogP contribution is -2.65. The van der Waals surface area contributed by atoms with E-state index in [2.05, 4.69) is 0 Å². The minimum absolute atomic E-state index is 0.00983. The van der Waals surface area contributed by atoms with Crippen LogP contribution in [0.4, 0.5) is 0 Å². The quantitative estimate of drug-likeness (QED) is 0.281. The van der Waals surface area contributed by atoms with E-state index >= 15 is 0 Å². The number of ether oxygens (including phenoxy) is 3. The maximum absolute atomic E-state index is 14.1. The number of ketones is 2. The fourth-order valence-corrected chi connectivity index (χ4v) is 7.19. The number of Topliss-reactive ketones (excluding diaryl/α,β-unsaturated/α-hetero) is 2. The van der Waals surface area contributed by atoms with Crippen molar-refractivity contribution in [2.45, 2.75) is 85.0 Å². The van der Waals surface area contributed by atoms with E-state index in [1.807, 2.05) is 13.8 Å². The normalized spacial score (nSPS) is 33.7. The van der Waals surface area contributed by atoms with Gasteiger partial charge in [-0.15, -0.1) is 0 Å². The highest BCUT2D eigenvalue weighted by molar-refractivity contribution is 5.99. The van der Waals surface area contributed by atoms with Gasteiger partial charge in [-0.25, -0.2) is 9.59 Å². The summed E-state index contributed by atoms with van der Waals surface area (Å²) in [5.74, 6) is -5.21. The second-order valence-electron chi connectivity index (χ2n) is 12.7. The van der Waals surface area contributed by atoms with Gasteiger partial charge in [-0.05, 0) is 49.7 Å². The van der Waals surface area contributed by atoms with Gasteiger partial charge in [0.1, 0.15) is 11.9 Å². The summed E-state index contributed by atoms with van der Waals surface area (Å²) >= 11 is 0. The minimum atomic E-state index is -2.50. The Morgan fingerprint density at radius 1 is 1.21 bits per heavy atom. The number of fused-ring (bicyclic) bond motifs is 1. The van der Waals surface area contributed by atoms with E-state index < -0.39 is 70.1 Å². The van der Waals surface area contributed by atoms with Crippen molar-refractivity contribution < 1.29 is 47.7 Å². The Bertz CT molecular complexity index is 1330. The van der Waals surface area contributed by atoms with Crippen LogP contribution in [0.3, 0.4) is 0 Å². The molecule has 0 spiro atoms. The highest BCUT2D eigenvalue weighted by atomic mass is 16.6. The molecule has 7 atom stereocenters. The Hall–Kier alpha value is -3.53. The molecule has 10 heteroatoms. The van der Waals surface area contributed by atoms with Gasteiger partial charge in [-0.2, -0.15) is 0 Å². The molecular weight excluding hydrogens is 544 g/mol. The number of allylic oxidation sites excluding steroid dienone is 1. The van der Waals surface area contributed by atoms with Gasteiger partial charge in [0.15, 0.2) is 17.5 Å². The number of carbonyl (C=O) groups is 5. The Kier molecular flexibility index (Phi) is 8.43. The molecule has 0 bridgehead atoms. The molecule has 0 radical (unpaired) electrons. The summed E-state index contributed by atoms with van der Waals surface area (Å²) in [5.41, 5.74) is -3.42. The van der Waals surface area contributed by atoms with E-state index in [1.165, 1.54) is 32.6 Å². The van der Waals surface area contributed by atoms with E-state index in [9.17, 15) is 29.1 Å². The molecule has 2 fully saturated rings. The summed E-state index contributed by atoms with van der Waals surface area (Å²) in [4.78, 5) is 66.4. The van der Waals surface area contributed by atoms with Crippen molar-refractivity contribution in [3.8, 4) is 0 Å². The topological polar surface area (TPSA) is 146 Å². The minimum Gasteiger partial charge on any atom is -0.472 e. The van der Waals surface area contributed by atoms with Crippen molar-refractivity contribution >= 4 is 29.5 Å². The molecule has 0 aromatic carbocycles. The molecule has 2 saturated carbocycles. The zero-order valence-electron chi connectivity index (χ0n) is 25.2. The largest absolute Gasteiger partial charge is 0.472 e. The average molecular weight is 585 g/mol. The van der Waals surface area contributed by atoms with Crippen molar-refractivity contribution in [3.05, 3.63) is 47.5 Å². The third-order valence-electron chi connectivity index (χ3n) is 9.79. The number of hydrogen-bond donors (Lipinski definition) is 1. The van der Waals surface area contributed by atoms with Crippen molar-refractivity contribution in [1.82, 2.24) is 0 Å². The molecule has 2 aliphatic carbocycles. The van der Waals surface area contributed by atoms with Crippen LogP contribution in [-0.2, 0) is 38.2 Å². The van der Waals surface area contributed by atoms with Crippen LogP contribution in [0.1, 0.15) is 78.9 Å². The Morgan fingerprint density at radius 2 is 1.90 bits per heavy atom. The molecule has 1 aromatic rings. The summed E-state index contributed by atoms with van der Waals surface area (Å²) in [6, 6.07) is 1.64. The first-order valence-electron chi connectivity index (χ1n) is 14.3. The van der Waals surface area contributed by atoms with Crippen LogP contribution in [0.25, 0.3) is 0 Å². The van der Waals surface area contributed by atoms with Crippen LogP contribution >= 0.6 is 0 Å². The van der Waals surface area contributed by atoms with Crippen LogP contribution < -0.4 is 0 Å². The lowest BCUT2D eigenvalue weighted by atomic mass is 9.53. The maximum Gasteiger partial charge on any atom is 0.333 e.